The Morgan fingerprint density at radius 1 is 1.05 bits per heavy atom. The molecule has 0 aromatic heterocycles. The van der Waals surface area contributed by atoms with Gasteiger partial charge in [0, 0.05) is 0 Å². The number of benzene rings is 1. The van der Waals surface area contributed by atoms with Gasteiger partial charge in [0.05, 0.1) is 11.8 Å². The van der Waals surface area contributed by atoms with E-state index < -0.39 is 0 Å². The minimum absolute atomic E-state index is 0.0615. The van der Waals surface area contributed by atoms with E-state index >= 15 is 0 Å². The van der Waals surface area contributed by atoms with Crippen molar-refractivity contribution in [3.05, 3.63) is 29.3 Å². The van der Waals surface area contributed by atoms with Gasteiger partial charge in [0.1, 0.15) is 5.75 Å². The van der Waals surface area contributed by atoms with Crippen molar-refractivity contribution in [1.82, 2.24) is 0 Å². The Morgan fingerprint density at radius 3 is 2.41 bits per heavy atom. The minimum Gasteiger partial charge on any atom is -0.506 e. The molecule has 0 unspecified atom stereocenters. The Labute approximate surface area is 132 Å². The van der Waals surface area contributed by atoms with E-state index in [2.05, 4.69) is 6.08 Å². The number of aromatic hydroxyl groups is 1. The topological polar surface area (TPSA) is 66.5 Å². The van der Waals surface area contributed by atoms with Gasteiger partial charge in [-0.3, -0.25) is 0 Å². The number of aliphatic hydroxyl groups excluding tert-OH is 1. The standard InChI is InChI=1S/C19H27NO2/c1-12-17(10-11-18(22)19(12)20)15-4-2-13(3-5-15)14-6-8-16(21)9-7-14/h4,10-11,13-14,16,21-22H,2-3,5-9,20H2,1H3/t13-,14?,16?/m1/s1. The van der Waals surface area contributed by atoms with E-state index in [1.54, 1.807) is 6.07 Å². The monoisotopic (exact) mass is 301 g/mol. The Morgan fingerprint density at radius 2 is 1.77 bits per heavy atom. The third-order valence-corrected chi connectivity index (χ3v) is 5.70. The highest BCUT2D eigenvalue weighted by atomic mass is 16.3. The zero-order chi connectivity index (χ0) is 15.7. The zero-order valence-corrected chi connectivity index (χ0v) is 13.4. The van der Waals surface area contributed by atoms with Crippen LogP contribution >= 0.6 is 0 Å². The summed E-state index contributed by atoms with van der Waals surface area (Å²) in [6, 6.07) is 3.69. The van der Waals surface area contributed by atoms with Crippen molar-refractivity contribution in [3.8, 4) is 5.75 Å². The molecule has 1 saturated carbocycles. The third-order valence-electron chi connectivity index (χ3n) is 5.70. The van der Waals surface area contributed by atoms with E-state index in [1.165, 1.54) is 30.4 Å². The molecule has 1 atom stereocenters. The molecule has 2 aliphatic carbocycles. The van der Waals surface area contributed by atoms with Crippen LogP contribution in [0.15, 0.2) is 18.2 Å². The maximum Gasteiger partial charge on any atom is 0.138 e. The zero-order valence-electron chi connectivity index (χ0n) is 13.4. The average Bonchev–Trinajstić information content (AvgIpc) is 2.54. The quantitative estimate of drug-likeness (QED) is 0.571. The largest absolute Gasteiger partial charge is 0.506 e. The summed E-state index contributed by atoms with van der Waals surface area (Å²) in [5, 5.41) is 19.3. The number of hydrogen-bond donors (Lipinski definition) is 3. The fraction of sp³-hybridized carbons (Fsp3) is 0.579. The highest BCUT2D eigenvalue weighted by molar-refractivity contribution is 5.75. The van der Waals surface area contributed by atoms with Crippen LogP contribution in [0.3, 0.4) is 0 Å². The molecule has 4 N–H and O–H groups in total. The van der Waals surface area contributed by atoms with Gasteiger partial charge in [-0.25, -0.2) is 0 Å². The van der Waals surface area contributed by atoms with E-state index in [0.29, 0.717) is 5.69 Å². The number of phenols is 1. The van der Waals surface area contributed by atoms with Gasteiger partial charge in [-0.2, -0.15) is 0 Å². The Kier molecular flexibility index (Phi) is 4.44. The predicted molar refractivity (Wildman–Crippen MR) is 90.5 cm³/mol. The predicted octanol–water partition coefficient (Wildman–Crippen LogP) is 4.02. The van der Waals surface area contributed by atoms with Gasteiger partial charge in [0.15, 0.2) is 0 Å². The number of rotatable bonds is 2. The molecule has 1 aromatic carbocycles. The molecule has 3 nitrogen and oxygen atoms in total. The van der Waals surface area contributed by atoms with Gasteiger partial charge >= 0.3 is 0 Å². The highest BCUT2D eigenvalue weighted by Gasteiger charge is 2.28. The van der Waals surface area contributed by atoms with Gasteiger partial charge in [-0.05, 0) is 86.5 Å². The molecule has 3 heteroatoms. The summed E-state index contributed by atoms with van der Waals surface area (Å²) < 4.78 is 0. The van der Waals surface area contributed by atoms with Crippen molar-refractivity contribution in [2.24, 2.45) is 11.8 Å². The lowest BCUT2D eigenvalue weighted by atomic mass is 9.72. The van der Waals surface area contributed by atoms with E-state index in [9.17, 15) is 10.2 Å². The molecule has 0 amide bonds. The maximum absolute atomic E-state index is 9.69. The first-order valence-corrected chi connectivity index (χ1v) is 8.51. The van der Waals surface area contributed by atoms with Crippen LogP contribution in [0, 0.1) is 18.8 Å². The van der Waals surface area contributed by atoms with Gasteiger partial charge in [0.2, 0.25) is 0 Å². The van der Waals surface area contributed by atoms with Crippen molar-refractivity contribution in [2.75, 3.05) is 5.73 Å². The third kappa shape index (κ3) is 3.00. The molecule has 22 heavy (non-hydrogen) atoms. The number of allylic oxidation sites excluding steroid dienone is 2. The van der Waals surface area contributed by atoms with Crippen LogP contribution in [0.25, 0.3) is 5.57 Å². The number of aliphatic hydroxyl groups is 1. The number of hydrogen-bond acceptors (Lipinski definition) is 3. The summed E-state index contributed by atoms with van der Waals surface area (Å²) >= 11 is 0. The van der Waals surface area contributed by atoms with Gasteiger partial charge in [0.25, 0.3) is 0 Å². The Balaban J connectivity index is 1.70. The number of nitrogens with two attached hydrogens (primary N) is 1. The number of anilines is 1. The van der Waals surface area contributed by atoms with Gasteiger partial charge < -0.3 is 15.9 Å². The van der Waals surface area contributed by atoms with Crippen LogP contribution in [0.1, 0.15) is 56.1 Å². The van der Waals surface area contributed by atoms with Crippen LogP contribution in [-0.2, 0) is 0 Å². The normalized spacial score (nSPS) is 29.2. The summed E-state index contributed by atoms with van der Waals surface area (Å²) in [6.45, 7) is 1.99. The van der Waals surface area contributed by atoms with Crippen LogP contribution in [-0.4, -0.2) is 16.3 Å². The second kappa shape index (κ2) is 6.33. The van der Waals surface area contributed by atoms with Crippen molar-refractivity contribution >= 4 is 11.3 Å². The summed E-state index contributed by atoms with van der Waals surface area (Å²) in [4.78, 5) is 0. The molecule has 2 aliphatic rings. The van der Waals surface area contributed by atoms with Crippen LogP contribution in [0.4, 0.5) is 5.69 Å². The maximum atomic E-state index is 9.69. The van der Waals surface area contributed by atoms with Crippen molar-refractivity contribution in [3.63, 3.8) is 0 Å². The molecular formula is C19H27NO2. The first-order chi connectivity index (χ1) is 10.6. The van der Waals surface area contributed by atoms with Crippen molar-refractivity contribution < 1.29 is 10.2 Å². The fourth-order valence-electron chi connectivity index (χ4n) is 4.16. The second-order valence-electron chi connectivity index (χ2n) is 7.00. The fourth-order valence-corrected chi connectivity index (χ4v) is 4.16. The molecule has 0 heterocycles. The van der Waals surface area contributed by atoms with E-state index in [4.69, 9.17) is 5.73 Å². The molecule has 0 radical (unpaired) electrons. The summed E-state index contributed by atoms with van der Waals surface area (Å²) in [7, 11) is 0. The molecule has 0 spiro atoms. The minimum atomic E-state index is -0.0615. The highest BCUT2D eigenvalue weighted by Crippen LogP contribution is 2.41. The lowest BCUT2D eigenvalue weighted by Gasteiger charge is -2.34. The van der Waals surface area contributed by atoms with Gasteiger partial charge in [-0.15, -0.1) is 0 Å². The van der Waals surface area contributed by atoms with Crippen LogP contribution < -0.4 is 5.73 Å². The van der Waals surface area contributed by atoms with E-state index in [-0.39, 0.29) is 11.9 Å². The van der Waals surface area contributed by atoms with Crippen molar-refractivity contribution in [2.45, 2.75) is 58.0 Å². The average molecular weight is 301 g/mol. The SMILES string of the molecule is Cc1c(C2=CC[C@@H](C3CCC(O)CC3)CC2)ccc(O)c1N. The first kappa shape index (κ1) is 15.4. The lowest BCUT2D eigenvalue weighted by molar-refractivity contribution is 0.0891. The summed E-state index contributed by atoms with van der Waals surface area (Å²) in [6.07, 6.45) is 10.1. The molecule has 1 fully saturated rings. The molecule has 120 valence electrons. The molecule has 0 bridgehead atoms. The molecule has 0 aliphatic heterocycles. The van der Waals surface area contributed by atoms with E-state index in [0.717, 1.165) is 43.1 Å². The Hall–Kier alpha value is -1.48. The van der Waals surface area contributed by atoms with Gasteiger partial charge in [-0.1, -0.05) is 12.1 Å². The van der Waals surface area contributed by atoms with Crippen LogP contribution in [0.2, 0.25) is 0 Å². The molecule has 1 aromatic rings. The molecular weight excluding hydrogens is 274 g/mol. The number of nitrogen functional groups attached to an aromatic ring is 1. The summed E-state index contributed by atoms with van der Waals surface area (Å²) in [5.74, 6) is 1.73. The van der Waals surface area contributed by atoms with Crippen LogP contribution in [0.5, 0.6) is 5.75 Å². The summed E-state index contributed by atoms with van der Waals surface area (Å²) in [5.41, 5.74) is 10.00. The smallest absolute Gasteiger partial charge is 0.138 e. The lowest BCUT2D eigenvalue weighted by Crippen LogP contribution is -2.25. The first-order valence-electron chi connectivity index (χ1n) is 8.51. The van der Waals surface area contributed by atoms with E-state index in [1.807, 2.05) is 13.0 Å². The van der Waals surface area contributed by atoms with Crippen molar-refractivity contribution in [1.29, 1.82) is 0 Å². The number of phenolic OH excluding ortho intramolecular Hbond substituents is 1. The molecule has 0 saturated heterocycles. The Bertz CT molecular complexity index is 571. The molecule has 3 rings (SSSR count). The second-order valence-corrected chi connectivity index (χ2v) is 7.00.